The standard InChI is InChI=1S/C42H45N3O7/c46-27-29-13-15-32(16-14-29)38-23-35(26-44-21-7-2-8-22-44)51-41(52-38)33-19-17-31(18-20-33)36-12-6-5-11-34(36)25-45-39(47)24-37(40(45)48)43-42(49)50-28-30-9-3-1-4-10-30/h1,3-6,9-20,35,37-38,41,46H,2,7-8,21-28H2,(H,43,49)/t35-,37?,38+,41+/m1/s1. The van der Waals surface area contributed by atoms with E-state index in [1.807, 2.05) is 103 Å². The molecule has 7 rings (SSSR count). The van der Waals surface area contributed by atoms with E-state index in [0.29, 0.717) is 0 Å². The van der Waals surface area contributed by atoms with E-state index in [1.54, 1.807) is 0 Å². The molecule has 0 aliphatic carbocycles. The van der Waals surface area contributed by atoms with Gasteiger partial charge in [-0.1, -0.05) is 110 Å². The monoisotopic (exact) mass is 703 g/mol. The van der Waals surface area contributed by atoms with Crippen molar-refractivity contribution < 1.29 is 33.7 Å². The highest BCUT2D eigenvalue weighted by Crippen LogP contribution is 2.39. The molecule has 3 aliphatic rings. The van der Waals surface area contributed by atoms with Crippen molar-refractivity contribution >= 4 is 17.9 Å². The predicted octanol–water partition coefficient (Wildman–Crippen LogP) is 6.43. The van der Waals surface area contributed by atoms with Crippen LogP contribution in [0, 0.1) is 0 Å². The maximum absolute atomic E-state index is 13.3. The van der Waals surface area contributed by atoms with Gasteiger partial charge in [-0.15, -0.1) is 0 Å². The number of alkyl carbamates (subject to hydrolysis) is 1. The summed E-state index contributed by atoms with van der Waals surface area (Å²) in [6.07, 6.45) is 2.87. The first-order chi connectivity index (χ1) is 25.4. The molecule has 4 aromatic carbocycles. The minimum absolute atomic E-state index is 0.000611. The molecule has 0 radical (unpaired) electrons. The van der Waals surface area contributed by atoms with Gasteiger partial charge < -0.3 is 29.5 Å². The van der Waals surface area contributed by atoms with Crippen molar-refractivity contribution in [2.24, 2.45) is 0 Å². The van der Waals surface area contributed by atoms with Crippen molar-refractivity contribution in [2.45, 2.75) is 76.4 Å². The van der Waals surface area contributed by atoms with Gasteiger partial charge in [-0.05, 0) is 59.3 Å². The molecular weight excluding hydrogens is 658 g/mol. The summed E-state index contributed by atoms with van der Waals surface area (Å²) in [5, 5.41) is 12.1. The third-order valence-electron chi connectivity index (χ3n) is 10.1. The maximum atomic E-state index is 13.3. The molecule has 3 saturated heterocycles. The summed E-state index contributed by atoms with van der Waals surface area (Å²) >= 11 is 0. The Bertz CT molecular complexity index is 1830. The Morgan fingerprint density at radius 2 is 1.52 bits per heavy atom. The van der Waals surface area contributed by atoms with Crippen molar-refractivity contribution in [3.05, 3.63) is 131 Å². The van der Waals surface area contributed by atoms with Crippen molar-refractivity contribution in [1.29, 1.82) is 0 Å². The summed E-state index contributed by atoms with van der Waals surface area (Å²) in [5.41, 5.74) is 6.28. The number of amides is 3. The molecule has 3 fully saturated rings. The van der Waals surface area contributed by atoms with Crippen molar-refractivity contribution in [1.82, 2.24) is 15.1 Å². The molecule has 0 bridgehead atoms. The average Bonchev–Trinajstić information content (AvgIpc) is 3.45. The zero-order chi connectivity index (χ0) is 35.9. The Labute approximate surface area is 304 Å². The van der Waals surface area contributed by atoms with E-state index >= 15 is 0 Å². The van der Waals surface area contributed by atoms with Crippen LogP contribution in [0.25, 0.3) is 11.1 Å². The van der Waals surface area contributed by atoms with Crippen LogP contribution in [0.2, 0.25) is 0 Å². The van der Waals surface area contributed by atoms with Crippen LogP contribution in [0.5, 0.6) is 0 Å². The fraction of sp³-hybridized carbons (Fsp3) is 0.357. The molecule has 52 heavy (non-hydrogen) atoms. The zero-order valence-corrected chi connectivity index (χ0v) is 29.2. The van der Waals surface area contributed by atoms with E-state index < -0.39 is 24.3 Å². The molecule has 0 spiro atoms. The molecule has 3 amide bonds. The number of hydrogen-bond donors (Lipinski definition) is 2. The number of benzene rings is 4. The fourth-order valence-corrected chi connectivity index (χ4v) is 7.26. The Kier molecular flexibility index (Phi) is 11.4. The van der Waals surface area contributed by atoms with Crippen LogP contribution in [0.15, 0.2) is 103 Å². The number of rotatable bonds is 11. The summed E-state index contributed by atoms with van der Waals surface area (Å²) in [5.74, 6) is -0.812. The number of aliphatic hydroxyl groups is 1. The average molecular weight is 704 g/mol. The highest BCUT2D eigenvalue weighted by atomic mass is 16.7. The van der Waals surface area contributed by atoms with E-state index in [1.165, 1.54) is 24.2 Å². The van der Waals surface area contributed by atoms with E-state index in [9.17, 15) is 19.5 Å². The molecule has 2 N–H and O–H groups in total. The van der Waals surface area contributed by atoms with Gasteiger partial charge >= 0.3 is 6.09 Å². The molecule has 1 unspecified atom stereocenters. The number of nitrogens with zero attached hydrogens (tertiary/aromatic N) is 2. The second kappa shape index (κ2) is 16.6. The molecular formula is C42H45N3O7. The van der Waals surface area contributed by atoms with Crippen molar-refractivity contribution in [3.8, 4) is 11.1 Å². The molecule has 4 aromatic rings. The molecule has 0 aromatic heterocycles. The number of carbonyl (C=O) groups is 3. The van der Waals surface area contributed by atoms with Crippen LogP contribution in [-0.4, -0.2) is 64.6 Å². The topological polar surface area (TPSA) is 118 Å². The molecule has 3 heterocycles. The van der Waals surface area contributed by atoms with Crippen LogP contribution in [0.1, 0.15) is 72.3 Å². The first-order valence-corrected chi connectivity index (χ1v) is 18.2. The van der Waals surface area contributed by atoms with Crippen LogP contribution in [-0.2, 0) is 43.6 Å². The lowest BCUT2D eigenvalue weighted by Crippen LogP contribution is -2.41. The first kappa shape index (κ1) is 35.5. The fourth-order valence-electron chi connectivity index (χ4n) is 7.26. The van der Waals surface area contributed by atoms with Gasteiger partial charge in [0.25, 0.3) is 5.91 Å². The summed E-state index contributed by atoms with van der Waals surface area (Å²) in [4.78, 5) is 42.5. The van der Waals surface area contributed by atoms with Gasteiger partial charge in [-0.3, -0.25) is 14.5 Å². The first-order valence-electron chi connectivity index (χ1n) is 18.2. The smallest absolute Gasteiger partial charge is 0.408 e. The number of piperidine rings is 1. The van der Waals surface area contributed by atoms with Gasteiger partial charge in [-0.2, -0.15) is 0 Å². The number of carbonyl (C=O) groups excluding carboxylic acids is 3. The number of ether oxygens (including phenoxy) is 3. The number of likely N-dealkylation sites (tertiary alicyclic amines) is 2. The summed E-state index contributed by atoms with van der Waals surface area (Å²) in [6.45, 7) is 3.17. The van der Waals surface area contributed by atoms with E-state index in [4.69, 9.17) is 14.2 Å². The van der Waals surface area contributed by atoms with Crippen LogP contribution < -0.4 is 5.32 Å². The third kappa shape index (κ3) is 8.59. The lowest BCUT2D eigenvalue weighted by Gasteiger charge is -2.39. The molecule has 4 atom stereocenters. The van der Waals surface area contributed by atoms with Gasteiger partial charge in [0.1, 0.15) is 12.6 Å². The minimum Gasteiger partial charge on any atom is -0.445 e. The van der Waals surface area contributed by atoms with E-state index in [-0.39, 0.29) is 44.3 Å². The largest absolute Gasteiger partial charge is 0.445 e. The summed E-state index contributed by atoms with van der Waals surface area (Å²) < 4.78 is 18.5. The quantitative estimate of drug-likeness (QED) is 0.172. The Balaban J connectivity index is 1.03. The third-order valence-corrected chi connectivity index (χ3v) is 10.1. The number of imide groups is 1. The molecule has 270 valence electrons. The van der Waals surface area contributed by atoms with Crippen molar-refractivity contribution in [2.75, 3.05) is 19.6 Å². The van der Waals surface area contributed by atoms with Crippen molar-refractivity contribution in [3.63, 3.8) is 0 Å². The van der Waals surface area contributed by atoms with Gasteiger partial charge in [0.15, 0.2) is 6.29 Å². The molecule has 10 heteroatoms. The van der Waals surface area contributed by atoms with Crippen LogP contribution in [0.3, 0.4) is 0 Å². The molecule has 10 nitrogen and oxygen atoms in total. The molecule has 0 saturated carbocycles. The molecule has 3 aliphatic heterocycles. The van der Waals surface area contributed by atoms with Crippen LogP contribution >= 0.6 is 0 Å². The van der Waals surface area contributed by atoms with Gasteiger partial charge in [0, 0.05) is 18.5 Å². The van der Waals surface area contributed by atoms with E-state index in [0.717, 1.165) is 65.0 Å². The summed E-state index contributed by atoms with van der Waals surface area (Å²) in [6, 6.07) is 32.0. The Morgan fingerprint density at radius 3 is 2.27 bits per heavy atom. The zero-order valence-electron chi connectivity index (χ0n) is 29.2. The maximum Gasteiger partial charge on any atom is 0.408 e. The Hall–Kier alpha value is -4.87. The minimum atomic E-state index is -0.979. The summed E-state index contributed by atoms with van der Waals surface area (Å²) in [7, 11) is 0. The lowest BCUT2D eigenvalue weighted by molar-refractivity contribution is -0.253. The SMILES string of the molecule is O=C(NC1CC(=O)N(Cc2ccccc2-c2ccc([C@H]3O[C@@H](CN4CCCCC4)C[C@@H](c4ccc(CO)cc4)O3)cc2)C1=O)OCc1ccccc1. The van der Waals surface area contributed by atoms with E-state index in [2.05, 4.69) is 10.2 Å². The number of nitrogens with one attached hydrogen (secondary N) is 1. The van der Waals surface area contributed by atoms with Gasteiger partial charge in [0.2, 0.25) is 5.91 Å². The van der Waals surface area contributed by atoms with Gasteiger partial charge in [0.05, 0.1) is 31.8 Å². The van der Waals surface area contributed by atoms with Gasteiger partial charge in [-0.25, -0.2) is 4.79 Å². The number of aliphatic hydroxyl groups excluding tert-OH is 1. The number of hydrogen-bond acceptors (Lipinski definition) is 8. The predicted molar refractivity (Wildman–Crippen MR) is 194 cm³/mol. The lowest BCUT2D eigenvalue weighted by atomic mass is 9.97. The second-order valence-corrected chi connectivity index (χ2v) is 13.8. The normalized spacial score (nSPS) is 22.4. The van der Waals surface area contributed by atoms with Crippen LogP contribution in [0.4, 0.5) is 4.79 Å². The second-order valence-electron chi connectivity index (χ2n) is 13.8. The Morgan fingerprint density at radius 1 is 0.808 bits per heavy atom. The highest BCUT2D eigenvalue weighted by Gasteiger charge is 2.40. The highest BCUT2D eigenvalue weighted by molar-refractivity contribution is 6.06.